The lowest BCUT2D eigenvalue weighted by atomic mass is 10.0. The maximum absolute atomic E-state index is 5.49. The van der Waals surface area contributed by atoms with Gasteiger partial charge in [-0.1, -0.05) is 42.5 Å². The van der Waals surface area contributed by atoms with E-state index in [1.54, 1.807) is 7.11 Å². The summed E-state index contributed by atoms with van der Waals surface area (Å²) in [5.41, 5.74) is 5.13. The first-order valence-electron chi connectivity index (χ1n) is 7.78. The molecule has 0 N–H and O–H groups in total. The van der Waals surface area contributed by atoms with E-state index in [9.17, 15) is 0 Å². The van der Waals surface area contributed by atoms with E-state index in [4.69, 9.17) is 9.72 Å². The molecule has 0 saturated carbocycles. The van der Waals surface area contributed by atoms with Crippen LogP contribution in [0.3, 0.4) is 0 Å². The first-order chi connectivity index (χ1) is 11.3. The number of hydrogen-bond donors (Lipinski definition) is 0. The highest BCUT2D eigenvalue weighted by atomic mass is 16.5. The highest BCUT2D eigenvalue weighted by Crippen LogP contribution is 2.30. The number of nitrogens with zero attached hydrogens (tertiary/aromatic N) is 2. The van der Waals surface area contributed by atoms with E-state index in [-0.39, 0.29) is 0 Å². The fourth-order valence-corrected chi connectivity index (χ4v) is 2.65. The summed E-state index contributed by atoms with van der Waals surface area (Å²) in [6, 6.07) is 18.4. The van der Waals surface area contributed by atoms with Gasteiger partial charge in [0.2, 0.25) is 0 Å². The largest absolute Gasteiger partial charge is 0.496 e. The minimum atomic E-state index is 0.827. The molecule has 2 aromatic carbocycles. The van der Waals surface area contributed by atoms with Gasteiger partial charge in [-0.25, -0.2) is 4.98 Å². The van der Waals surface area contributed by atoms with Crippen molar-refractivity contribution in [2.75, 3.05) is 7.11 Å². The molecule has 0 saturated heterocycles. The Morgan fingerprint density at radius 1 is 0.913 bits per heavy atom. The Morgan fingerprint density at radius 3 is 2.43 bits per heavy atom. The standard InChI is InChI=1S/C20H20N2O/c1-15-14-21-18(13-12-16-8-4-3-5-9-16)20(22-15)17-10-6-7-11-19(17)23-2/h3-11,14H,12-13H2,1-2H3. The van der Waals surface area contributed by atoms with E-state index in [2.05, 4.69) is 29.2 Å². The monoisotopic (exact) mass is 304 g/mol. The van der Waals surface area contributed by atoms with Crippen LogP contribution >= 0.6 is 0 Å². The van der Waals surface area contributed by atoms with Gasteiger partial charge in [0.05, 0.1) is 24.2 Å². The number of para-hydroxylation sites is 1. The summed E-state index contributed by atoms with van der Waals surface area (Å²) in [5.74, 6) is 0.827. The first-order valence-corrected chi connectivity index (χ1v) is 7.78. The Labute approximate surface area is 137 Å². The Hall–Kier alpha value is -2.68. The molecule has 116 valence electrons. The van der Waals surface area contributed by atoms with Crippen LogP contribution < -0.4 is 4.74 Å². The van der Waals surface area contributed by atoms with E-state index in [1.807, 2.05) is 43.5 Å². The number of benzene rings is 2. The summed E-state index contributed by atoms with van der Waals surface area (Å²) in [6.45, 7) is 1.97. The maximum Gasteiger partial charge on any atom is 0.128 e. The highest BCUT2D eigenvalue weighted by Gasteiger charge is 2.13. The van der Waals surface area contributed by atoms with Crippen molar-refractivity contribution >= 4 is 0 Å². The van der Waals surface area contributed by atoms with Crippen LogP contribution in [0.5, 0.6) is 5.75 Å². The molecule has 0 fully saturated rings. The van der Waals surface area contributed by atoms with Crippen LogP contribution in [0.1, 0.15) is 17.0 Å². The fourth-order valence-electron chi connectivity index (χ4n) is 2.65. The lowest BCUT2D eigenvalue weighted by molar-refractivity contribution is 0.416. The fraction of sp³-hybridized carbons (Fsp3) is 0.200. The SMILES string of the molecule is COc1ccccc1-c1nc(C)cnc1CCc1ccccc1. The van der Waals surface area contributed by atoms with Crippen molar-refractivity contribution in [3.8, 4) is 17.0 Å². The zero-order valence-corrected chi connectivity index (χ0v) is 13.5. The molecule has 3 heteroatoms. The molecule has 0 atom stereocenters. The average Bonchev–Trinajstić information content (AvgIpc) is 2.61. The third kappa shape index (κ3) is 3.57. The molecule has 3 aromatic rings. The van der Waals surface area contributed by atoms with Crippen LogP contribution in [0.25, 0.3) is 11.3 Å². The number of methoxy groups -OCH3 is 1. The van der Waals surface area contributed by atoms with E-state index in [1.165, 1.54) is 5.56 Å². The maximum atomic E-state index is 5.49. The van der Waals surface area contributed by atoms with Gasteiger partial charge in [0.1, 0.15) is 5.75 Å². The van der Waals surface area contributed by atoms with E-state index in [0.29, 0.717) is 0 Å². The third-order valence-electron chi connectivity index (χ3n) is 3.82. The third-order valence-corrected chi connectivity index (χ3v) is 3.82. The van der Waals surface area contributed by atoms with Crippen LogP contribution in [-0.2, 0) is 12.8 Å². The minimum absolute atomic E-state index is 0.827. The minimum Gasteiger partial charge on any atom is -0.496 e. The van der Waals surface area contributed by atoms with Gasteiger partial charge in [0, 0.05) is 11.8 Å². The number of aryl methyl sites for hydroxylation is 3. The van der Waals surface area contributed by atoms with E-state index in [0.717, 1.165) is 41.2 Å². The molecule has 0 amide bonds. The quantitative estimate of drug-likeness (QED) is 0.707. The molecule has 0 aliphatic rings. The van der Waals surface area contributed by atoms with E-state index >= 15 is 0 Å². The summed E-state index contributed by atoms with van der Waals surface area (Å²) >= 11 is 0. The average molecular weight is 304 g/mol. The van der Waals surface area contributed by atoms with Gasteiger partial charge in [-0.05, 0) is 37.5 Å². The molecule has 23 heavy (non-hydrogen) atoms. The zero-order valence-electron chi connectivity index (χ0n) is 13.5. The second kappa shape index (κ2) is 7.05. The number of hydrogen-bond acceptors (Lipinski definition) is 3. The molecule has 0 aliphatic heterocycles. The number of ether oxygens (including phenoxy) is 1. The number of aromatic nitrogens is 2. The van der Waals surface area contributed by atoms with Gasteiger partial charge in [-0.15, -0.1) is 0 Å². The molecule has 1 aromatic heterocycles. The van der Waals surface area contributed by atoms with E-state index < -0.39 is 0 Å². The zero-order chi connectivity index (χ0) is 16.1. The van der Waals surface area contributed by atoms with Crippen LogP contribution in [0.2, 0.25) is 0 Å². The molecule has 1 heterocycles. The Morgan fingerprint density at radius 2 is 1.65 bits per heavy atom. The van der Waals surface area contributed by atoms with Crippen molar-refractivity contribution in [1.82, 2.24) is 9.97 Å². The molecular weight excluding hydrogens is 284 g/mol. The second-order valence-electron chi connectivity index (χ2n) is 5.49. The summed E-state index contributed by atoms with van der Waals surface area (Å²) in [7, 11) is 1.69. The Kier molecular flexibility index (Phi) is 4.67. The smallest absolute Gasteiger partial charge is 0.128 e. The van der Waals surface area contributed by atoms with Crippen LogP contribution in [0.4, 0.5) is 0 Å². The summed E-state index contributed by atoms with van der Waals surface area (Å²) in [4.78, 5) is 9.35. The summed E-state index contributed by atoms with van der Waals surface area (Å²) in [5, 5.41) is 0. The van der Waals surface area contributed by atoms with Crippen LogP contribution in [-0.4, -0.2) is 17.1 Å². The predicted molar refractivity (Wildman–Crippen MR) is 92.6 cm³/mol. The normalized spacial score (nSPS) is 10.5. The lowest BCUT2D eigenvalue weighted by Gasteiger charge is -2.12. The van der Waals surface area contributed by atoms with Crippen molar-refractivity contribution in [3.63, 3.8) is 0 Å². The Bertz CT molecular complexity index is 785. The topological polar surface area (TPSA) is 35.0 Å². The molecule has 3 rings (SSSR count). The van der Waals surface area contributed by atoms with Gasteiger partial charge < -0.3 is 4.74 Å². The molecular formula is C20H20N2O. The molecule has 0 unspecified atom stereocenters. The van der Waals surface area contributed by atoms with Crippen LogP contribution in [0, 0.1) is 6.92 Å². The molecule has 0 aliphatic carbocycles. The van der Waals surface area contributed by atoms with Crippen molar-refractivity contribution in [2.24, 2.45) is 0 Å². The van der Waals surface area contributed by atoms with Crippen molar-refractivity contribution in [2.45, 2.75) is 19.8 Å². The van der Waals surface area contributed by atoms with Gasteiger partial charge in [0.15, 0.2) is 0 Å². The van der Waals surface area contributed by atoms with Gasteiger partial charge in [-0.2, -0.15) is 0 Å². The Balaban J connectivity index is 1.95. The molecule has 0 radical (unpaired) electrons. The second-order valence-corrected chi connectivity index (χ2v) is 5.49. The summed E-state index contributed by atoms with van der Waals surface area (Å²) < 4.78 is 5.49. The highest BCUT2D eigenvalue weighted by molar-refractivity contribution is 5.69. The van der Waals surface area contributed by atoms with Gasteiger partial charge in [-0.3, -0.25) is 4.98 Å². The summed E-state index contributed by atoms with van der Waals surface area (Å²) in [6.07, 6.45) is 3.63. The number of rotatable bonds is 5. The molecule has 0 spiro atoms. The predicted octanol–water partition coefficient (Wildman–Crippen LogP) is 4.25. The lowest BCUT2D eigenvalue weighted by Crippen LogP contribution is -2.02. The molecule has 3 nitrogen and oxygen atoms in total. The van der Waals surface area contributed by atoms with Crippen molar-refractivity contribution < 1.29 is 4.74 Å². The van der Waals surface area contributed by atoms with Crippen LogP contribution in [0.15, 0.2) is 60.8 Å². The first kappa shape index (κ1) is 15.2. The van der Waals surface area contributed by atoms with Crippen molar-refractivity contribution in [1.29, 1.82) is 0 Å². The van der Waals surface area contributed by atoms with Crippen molar-refractivity contribution in [3.05, 3.63) is 77.7 Å². The van der Waals surface area contributed by atoms with Gasteiger partial charge >= 0.3 is 0 Å². The van der Waals surface area contributed by atoms with Gasteiger partial charge in [0.25, 0.3) is 0 Å². The molecule has 0 bridgehead atoms.